The zero-order chi connectivity index (χ0) is 18.8. The van der Waals surface area contributed by atoms with Crippen molar-refractivity contribution in [2.75, 3.05) is 0 Å². The Balaban J connectivity index is 0.000000151. The molecule has 2 aromatic heterocycles. The van der Waals surface area contributed by atoms with Crippen LogP contribution in [0, 0.1) is 11.8 Å². The summed E-state index contributed by atoms with van der Waals surface area (Å²) < 4.78 is 1.81. The summed E-state index contributed by atoms with van der Waals surface area (Å²) in [5.74, 6) is -1.69. The molecule has 2 N–H and O–H groups in total. The van der Waals surface area contributed by atoms with Crippen molar-refractivity contribution >= 4 is 43.8 Å². The highest BCUT2D eigenvalue weighted by Crippen LogP contribution is 2.49. The van der Waals surface area contributed by atoms with Crippen molar-refractivity contribution < 1.29 is 19.8 Å². The molecule has 4 atom stereocenters. The number of rotatable bonds is 4. The van der Waals surface area contributed by atoms with Crippen LogP contribution in [-0.2, 0) is 9.59 Å². The van der Waals surface area contributed by atoms with Crippen molar-refractivity contribution in [3.63, 3.8) is 0 Å². The number of hydrogen-bond donors (Lipinski definition) is 2. The smallest absolute Gasteiger partial charge is 0.307 e. The molecule has 136 valence electrons. The summed E-state index contributed by atoms with van der Waals surface area (Å²) in [6.45, 7) is 0. The van der Waals surface area contributed by atoms with E-state index in [0.29, 0.717) is 12.8 Å². The average Bonchev–Trinajstić information content (AvgIpc) is 3.49. The van der Waals surface area contributed by atoms with E-state index in [1.54, 1.807) is 12.4 Å². The van der Waals surface area contributed by atoms with Crippen LogP contribution in [0.4, 0.5) is 0 Å². The van der Waals surface area contributed by atoms with E-state index in [1.807, 2.05) is 24.3 Å². The predicted octanol–water partition coefficient (Wildman–Crippen LogP) is 4.06. The minimum absolute atomic E-state index is 0.105. The fourth-order valence-corrected chi connectivity index (χ4v) is 3.98. The van der Waals surface area contributed by atoms with Crippen LogP contribution in [0.2, 0.25) is 0 Å². The molecule has 0 bridgehead atoms. The molecule has 0 unspecified atom stereocenters. The number of aliphatic carboxylic acids is 2. The summed E-state index contributed by atoms with van der Waals surface area (Å²) in [5, 5.41) is 17.5. The molecule has 2 aliphatic carbocycles. The highest BCUT2D eigenvalue weighted by Gasteiger charge is 2.46. The first-order valence-electron chi connectivity index (χ1n) is 8.06. The summed E-state index contributed by atoms with van der Waals surface area (Å²) >= 11 is 6.72. The summed E-state index contributed by atoms with van der Waals surface area (Å²) in [4.78, 5) is 29.6. The lowest BCUT2D eigenvalue weighted by molar-refractivity contribution is -0.139. The van der Waals surface area contributed by atoms with Gasteiger partial charge in [-0.1, -0.05) is 0 Å². The molecule has 0 radical (unpaired) electrons. The molecule has 26 heavy (non-hydrogen) atoms. The monoisotopic (exact) mass is 482 g/mol. The van der Waals surface area contributed by atoms with Crippen molar-refractivity contribution in [1.29, 1.82) is 0 Å². The summed E-state index contributed by atoms with van der Waals surface area (Å²) in [6, 6.07) is 7.43. The second kappa shape index (κ2) is 7.84. The summed E-state index contributed by atoms with van der Waals surface area (Å²) in [7, 11) is 0. The van der Waals surface area contributed by atoms with Gasteiger partial charge in [-0.3, -0.25) is 19.6 Å². The number of pyridine rings is 2. The molecule has 0 amide bonds. The topological polar surface area (TPSA) is 100 Å². The minimum atomic E-state index is -0.720. The van der Waals surface area contributed by atoms with Crippen molar-refractivity contribution in [2.45, 2.75) is 24.7 Å². The number of carbonyl (C=O) groups is 2. The molecule has 0 saturated heterocycles. The van der Waals surface area contributed by atoms with Crippen LogP contribution in [0.5, 0.6) is 0 Å². The van der Waals surface area contributed by atoms with Crippen LogP contribution in [0.15, 0.2) is 45.6 Å². The lowest BCUT2D eigenvalue weighted by Gasteiger charge is -1.99. The normalized spacial score (nSPS) is 25.6. The van der Waals surface area contributed by atoms with E-state index in [4.69, 9.17) is 10.2 Å². The molecule has 4 rings (SSSR count). The summed E-state index contributed by atoms with van der Waals surface area (Å²) in [5.41, 5.74) is 1.74. The Morgan fingerprint density at radius 3 is 1.50 bits per heavy atom. The Hall–Kier alpha value is -1.80. The highest BCUT2D eigenvalue weighted by atomic mass is 79.9. The van der Waals surface area contributed by atoms with Crippen molar-refractivity contribution in [3.8, 4) is 0 Å². The second-order valence-corrected chi connectivity index (χ2v) is 8.02. The number of aromatic nitrogens is 2. The third-order valence-electron chi connectivity index (χ3n) is 4.49. The molecular weight excluding hydrogens is 468 g/mol. The van der Waals surface area contributed by atoms with E-state index in [1.165, 1.54) is 0 Å². The largest absolute Gasteiger partial charge is 0.481 e. The lowest BCUT2D eigenvalue weighted by Crippen LogP contribution is -2.00. The van der Waals surface area contributed by atoms with Gasteiger partial charge in [0.2, 0.25) is 0 Å². The molecular formula is C18H16Br2N2O4. The third-order valence-corrected chi connectivity index (χ3v) is 5.83. The van der Waals surface area contributed by atoms with Crippen molar-refractivity contribution in [2.24, 2.45) is 11.8 Å². The Kier molecular flexibility index (Phi) is 5.72. The average molecular weight is 484 g/mol. The highest BCUT2D eigenvalue weighted by molar-refractivity contribution is 9.10. The fourth-order valence-electron chi connectivity index (χ4n) is 2.88. The van der Waals surface area contributed by atoms with Crippen LogP contribution in [-0.4, -0.2) is 32.1 Å². The molecule has 2 aliphatic rings. The van der Waals surface area contributed by atoms with Crippen LogP contribution in [0.25, 0.3) is 0 Å². The van der Waals surface area contributed by atoms with Gasteiger partial charge in [-0.15, -0.1) is 0 Å². The maximum atomic E-state index is 10.6. The van der Waals surface area contributed by atoms with E-state index >= 15 is 0 Å². The van der Waals surface area contributed by atoms with Crippen LogP contribution < -0.4 is 0 Å². The molecule has 2 fully saturated rings. The Morgan fingerprint density at radius 2 is 1.23 bits per heavy atom. The van der Waals surface area contributed by atoms with Gasteiger partial charge in [0, 0.05) is 33.2 Å². The molecule has 0 aliphatic heterocycles. The van der Waals surface area contributed by atoms with Crippen LogP contribution in [0.1, 0.15) is 36.1 Å². The molecule has 6 nitrogen and oxygen atoms in total. The Bertz CT molecular complexity index is 776. The molecule has 0 aromatic carbocycles. The van der Waals surface area contributed by atoms with Gasteiger partial charge in [0.25, 0.3) is 0 Å². The maximum Gasteiger partial charge on any atom is 0.307 e. The van der Waals surface area contributed by atoms with Gasteiger partial charge in [-0.25, -0.2) is 0 Å². The molecule has 2 saturated carbocycles. The van der Waals surface area contributed by atoms with Gasteiger partial charge in [0.1, 0.15) is 0 Å². The molecule has 2 aromatic rings. The van der Waals surface area contributed by atoms with Crippen molar-refractivity contribution in [3.05, 3.63) is 57.0 Å². The van der Waals surface area contributed by atoms with E-state index in [-0.39, 0.29) is 23.7 Å². The number of nitrogens with zero attached hydrogens (tertiary/aromatic N) is 2. The lowest BCUT2D eigenvalue weighted by atomic mass is 10.2. The van der Waals surface area contributed by atoms with E-state index < -0.39 is 11.9 Å². The first-order chi connectivity index (χ1) is 12.4. The molecule has 0 spiro atoms. The van der Waals surface area contributed by atoms with Gasteiger partial charge >= 0.3 is 11.9 Å². The molecule has 8 heteroatoms. The second-order valence-electron chi connectivity index (χ2n) is 6.31. The summed E-state index contributed by atoms with van der Waals surface area (Å²) in [6.07, 6.45) is 4.81. The van der Waals surface area contributed by atoms with Gasteiger partial charge in [-0.2, -0.15) is 0 Å². The number of hydrogen-bond acceptors (Lipinski definition) is 4. The Morgan fingerprint density at radius 1 is 0.846 bits per heavy atom. The zero-order valence-electron chi connectivity index (χ0n) is 13.5. The molecule has 2 heterocycles. The zero-order valence-corrected chi connectivity index (χ0v) is 16.7. The number of carboxylic acid groups (broad SMARTS) is 2. The van der Waals surface area contributed by atoms with Crippen LogP contribution in [0.3, 0.4) is 0 Å². The first-order valence-corrected chi connectivity index (χ1v) is 9.65. The van der Waals surface area contributed by atoms with Crippen molar-refractivity contribution in [1.82, 2.24) is 9.97 Å². The number of carboxylic acids is 2. The standard InChI is InChI=1S/2C9H8BrNO2/c2*10-7-2-1-3-11-8(7)5-4-6(5)9(12)13/h2*1-3,5-6H,4H2,(H,12,13)/t2*5-,6-/m10/s1. The van der Waals surface area contributed by atoms with Crippen LogP contribution >= 0.6 is 31.9 Å². The van der Waals surface area contributed by atoms with E-state index in [9.17, 15) is 9.59 Å². The van der Waals surface area contributed by atoms with E-state index in [2.05, 4.69) is 41.8 Å². The van der Waals surface area contributed by atoms with Gasteiger partial charge < -0.3 is 10.2 Å². The van der Waals surface area contributed by atoms with Gasteiger partial charge in [0.15, 0.2) is 0 Å². The number of halogens is 2. The maximum absolute atomic E-state index is 10.6. The SMILES string of the molecule is O=C(O)[C@@H]1C[C@H]1c1ncccc1Br.O=C(O)[C@H]1C[C@@H]1c1ncccc1Br. The Labute approximate surface area is 166 Å². The quantitative estimate of drug-likeness (QED) is 0.679. The first kappa shape index (κ1) is 19.0. The van der Waals surface area contributed by atoms with Gasteiger partial charge in [0.05, 0.1) is 23.2 Å². The third kappa shape index (κ3) is 4.29. The van der Waals surface area contributed by atoms with E-state index in [0.717, 1.165) is 20.3 Å². The minimum Gasteiger partial charge on any atom is -0.481 e. The predicted molar refractivity (Wildman–Crippen MR) is 101 cm³/mol. The fraction of sp³-hybridized carbons (Fsp3) is 0.333. The van der Waals surface area contributed by atoms with Gasteiger partial charge in [-0.05, 0) is 69.0 Å².